The number of ether oxygens (including phenoxy) is 1. The van der Waals surface area contributed by atoms with Gasteiger partial charge in [-0.05, 0) is 34.1 Å². The number of amides is 1. The van der Waals surface area contributed by atoms with Gasteiger partial charge in [0, 0.05) is 11.3 Å². The Bertz CT molecular complexity index is 489. The molecule has 1 N–H and O–H groups in total. The van der Waals surface area contributed by atoms with Gasteiger partial charge >= 0.3 is 5.97 Å². The number of carbonyl (C=O) groups excluding carboxylic acids is 2. The Morgan fingerprint density at radius 2 is 1.95 bits per heavy atom. The molecule has 1 heterocycles. The Labute approximate surface area is 123 Å². The van der Waals surface area contributed by atoms with Gasteiger partial charge < -0.3 is 10.1 Å². The average molecular weight is 298 g/mol. The molecule has 1 aromatic heterocycles. The number of hydrogen-bond acceptors (Lipinski definition) is 5. The molecule has 0 saturated heterocycles. The molecule has 0 unspecified atom stereocenters. The van der Waals surface area contributed by atoms with Crippen molar-refractivity contribution >= 4 is 28.3 Å². The number of thiazole rings is 1. The van der Waals surface area contributed by atoms with Crippen LogP contribution < -0.4 is 5.32 Å². The van der Waals surface area contributed by atoms with Crippen LogP contribution in [0.2, 0.25) is 0 Å². The molecular formula is C14H22N2O3S. The highest BCUT2D eigenvalue weighted by Gasteiger charge is 2.17. The van der Waals surface area contributed by atoms with E-state index in [1.807, 2.05) is 13.8 Å². The average Bonchev–Trinajstić information content (AvgIpc) is 2.64. The number of hydrogen-bond donors (Lipinski definition) is 1. The topological polar surface area (TPSA) is 68.3 Å². The normalized spacial score (nSPS) is 11.2. The molecule has 0 saturated carbocycles. The highest BCUT2D eigenvalue weighted by molar-refractivity contribution is 7.15. The second-order valence-electron chi connectivity index (χ2n) is 5.51. The first-order valence-electron chi connectivity index (χ1n) is 6.69. The van der Waals surface area contributed by atoms with Crippen LogP contribution in [-0.4, -0.2) is 22.5 Å². The summed E-state index contributed by atoms with van der Waals surface area (Å²) in [4.78, 5) is 28.7. The molecule has 112 valence electrons. The van der Waals surface area contributed by atoms with Gasteiger partial charge in [0.1, 0.15) is 5.60 Å². The van der Waals surface area contributed by atoms with Gasteiger partial charge in [0.15, 0.2) is 5.13 Å². The molecular weight excluding hydrogens is 276 g/mol. The molecule has 6 heteroatoms. The fourth-order valence-electron chi connectivity index (χ4n) is 1.60. The number of nitrogens with zero attached hydrogens (tertiary/aromatic N) is 1. The van der Waals surface area contributed by atoms with E-state index in [9.17, 15) is 9.59 Å². The van der Waals surface area contributed by atoms with Crippen LogP contribution in [0.3, 0.4) is 0 Å². The molecule has 20 heavy (non-hydrogen) atoms. The number of aryl methyl sites for hydroxylation is 2. The van der Waals surface area contributed by atoms with E-state index in [2.05, 4.69) is 10.3 Å². The fraction of sp³-hybridized carbons (Fsp3) is 0.643. The van der Waals surface area contributed by atoms with E-state index in [1.54, 1.807) is 20.8 Å². The zero-order valence-electron chi connectivity index (χ0n) is 12.7. The third-order valence-electron chi connectivity index (χ3n) is 2.45. The van der Waals surface area contributed by atoms with Crippen LogP contribution in [0.4, 0.5) is 5.13 Å². The van der Waals surface area contributed by atoms with Crippen molar-refractivity contribution in [2.75, 3.05) is 5.32 Å². The maximum Gasteiger partial charge on any atom is 0.306 e. The molecule has 0 bridgehead atoms. The van der Waals surface area contributed by atoms with Crippen LogP contribution in [0.5, 0.6) is 0 Å². The minimum atomic E-state index is -0.518. The van der Waals surface area contributed by atoms with Crippen LogP contribution in [0, 0.1) is 6.92 Å². The van der Waals surface area contributed by atoms with Crippen LogP contribution in [-0.2, 0) is 20.7 Å². The van der Waals surface area contributed by atoms with E-state index < -0.39 is 5.60 Å². The first-order valence-corrected chi connectivity index (χ1v) is 7.51. The third kappa shape index (κ3) is 5.69. The van der Waals surface area contributed by atoms with Gasteiger partial charge in [0.25, 0.3) is 0 Å². The highest BCUT2D eigenvalue weighted by atomic mass is 32.1. The molecule has 1 rings (SSSR count). The second kappa shape index (κ2) is 6.83. The Hall–Kier alpha value is -1.43. The van der Waals surface area contributed by atoms with Crippen molar-refractivity contribution in [3.05, 3.63) is 10.6 Å². The molecule has 0 fully saturated rings. The SMILES string of the molecule is CCc1nc(NC(=O)CCC(=O)OC(C)(C)C)sc1C. The Kier molecular flexibility index (Phi) is 5.68. The second-order valence-corrected chi connectivity index (χ2v) is 6.71. The first-order chi connectivity index (χ1) is 9.21. The largest absolute Gasteiger partial charge is 0.460 e. The molecule has 0 aliphatic heterocycles. The van der Waals surface area contributed by atoms with Gasteiger partial charge in [-0.15, -0.1) is 11.3 Å². The summed E-state index contributed by atoms with van der Waals surface area (Å²) in [5, 5.41) is 3.31. The maximum atomic E-state index is 11.7. The summed E-state index contributed by atoms with van der Waals surface area (Å²) in [6.07, 6.45) is 1.03. The zero-order valence-corrected chi connectivity index (χ0v) is 13.5. The van der Waals surface area contributed by atoms with Crippen LogP contribution in [0.1, 0.15) is 51.1 Å². The number of esters is 1. The molecule has 0 aromatic carbocycles. The molecule has 0 aliphatic rings. The number of rotatable bonds is 5. The van der Waals surface area contributed by atoms with Crippen molar-refractivity contribution in [3.63, 3.8) is 0 Å². The number of aromatic nitrogens is 1. The van der Waals surface area contributed by atoms with Crippen molar-refractivity contribution in [2.45, 2.75) is 59.5 Å². The maximum absolute atomic E-state index is 11.7. The highest BCUT2D eigenvalue weighted by Crippen LogP contribution is 2.22. The van der Waals surface area contributed by atoms with Gasteiger partial charge in [-0.3, -0.25) is 9.59 Å². The van der Waals surface area contributed by atoms with Crippen LogP contribution in [0.15, 0.2) is 0 Å². The van der Waals surface area contributed by atoms with Crippen molar-refractivity contribution in [3.8, 4) is 0 Å². The fourth-order valence-corrected chi connectivity index (χ4v) is 2.52. The lowest BCUT2D eigenvalue weighted by atomic mass is 10.2. The summed E-state index contributed by atoms with van der Waals surface area (Å²) in [5.74, 6) is -0.579. The van der Waals surface area contributed by atoms with E-state index in [4.69, 9.17) is 4.74 Å². The lowest BCUT2D eigenvalue weighted by molar-refractivity contribution is -0.155. The summed E-state index contributed by atoms with van der Waals surface area (Å²) < 4.78 is 5.15. The standard InChI is InChI=1S/C14H22N2O3S/c1-6-10-9(2)20-13(15-10)16-11(17)7-8-12(18)19-14(3,4)5/h6-8H2,1-5H3,(H,15,16,17). The smallest absolute Gasteiger partial charge is 0.306 e. The number of nitrogens with one attached hydrogen (secondary N) is 1. The minimum absolute atomic E-state index is 0.0775. The van der Waals surface area contributed by atoms with Gasteiger partial charge in [-0.2, -0.15) is 0 Å². The minimum Gasteiger partial charge on any atom is -0.460 e. The molecule has 0 aliphatic carbocycles. The van der Waals surface area contributed by atoms with Crippen LogP contribution in [0.25, 0.3) is 0 Å². The quantitative estimate of drug-likeness (QED) is 0.848. The summed E-state index contributed by atoms with van der Waals surface area (Å²) in [6.45, 7) is 9.41. The summed E-state index contributed by atoms with van der Waals surface area (Å²) in [6, 6.07) is 0. The predicted molar refractivity (Wildman–Crippen MR) is 79.9 cm³/mol. The van der Waals surface area contributed by atoms with E-state index in [0.717, 1.165) is 17.0 Å². The van der Waals surface area contributed by atoms with Crippen molar-refractivity contribution < 1.29 is 14.3 Å². The lowest BCUT2D eigenvalue weighted by Crippen LogP contribution is -2.24. The van der Waals surface area contributed by atoms with E-state index in [1.165, 1.54) is 11.3 Å². The molecule has 1 aromatic rings. The van der Waals surface area contributed by atoms with Gasteiger partial charge in [0.05, 0.1) is 12.1 Å². The van der Waals surface area contributed by atoms with E-state index in [0.29, 0.717) is 5.13 Å². The molecule has 0 atom stereocenters. The Morgan fingerprint density at radius 1 is 1.30 bits per heavy atom. The predicted octanol–water partition coefficient (Wildman–Crippen LogP) is 3.07. The number of carbonyl (C=O) groups is 2. The first kappa shape index (κ1) is 16.6. The van der Waals surface area contributed by atoms with Gasteiger partial charge in [0.2, 0.25) is 5.91 Å². The van der Waals surface area contributed by atoms with Gasteiger partial charge in [-0.25, -0.2) is 4.98 Å². The van der Waals surface area contributed by atoms with Gasteiger partial charge in [-0.1, -0.05) is 6.92 Å². The number of anilines is 1. The summed E-state index contributed by atoms with van der Waals surface area (Å²) in [5.41, 5.74) is 0.480. The van der Waals surface area contributed by atoms with Crippen LogP contribution >= 0.6 is 11.3 Å². The molecule has 5 nitrogen and oxygen atoms in total. The summed E-state index contributed by atoms with van der Waals surface area (Å²) in [7, 11) is 0. The lowest BCUT2D eigenvalue weighted by Gasteiger charge is -2.19. The zero-order chi connectivity index (χ0) is 15.3. The Morgan fingerprint density at radius 3 is 2.45 bits per heavy atom. The van der Waals surface area contributed by atoms with E-state index >= 15 is 0 Å². The van der Waals surface area contributed by atoms with Crippen molar-refractivity contribution in [1.82, 2.24) is 4.98 Å². The molecule has 0 spiro atoms. The molecule has 1 amide bonds. The monoisotopic (exact) mass is 298 g/mol. The van der Waals surface area contributed by atoms with Crippen molar-refractivity contribution in [2.24, 2.45) is 0 Å². The Balaban J connectivity index is 2.42. The third-order valence-corrected chi connectivity index (χ3v) is 3.38. The summed E-state index contributed by atoms with van der Waals surface area (Å²) >= 11 is 1.45. The van der Waals surface area contributed by atoms with Crippen molar-refractivity contribution in [1.29, 1.82) is 0 Å². The van der Waals surface area contributed by atoms with E-state index in [-0.39, 0.29) is 24.7 Å². The molecule has 0 radical (unpaired) electrons.